The van der Waals surface area contributed by atoms with E-state index in [4.69, 9.17) is 0 Å². The fourth-order valence-corrected chi connectivity index (χ4v) is 3.43. The lowest BCUT2D eigenvalue weighted by Crippen LogP contribution is -2.25. The van der Waals surface area contributed by atoms with Gasteiger partial charge in [-0.15, -0.1) is 11.3 Å². The fourth-order valence-electron chi connectivity index (χ4n) is 1.90. The summed E-state index contributed by atoms with van der Waals surface area (Å²) in [6, 6.07) is 7.10. The maximum absolute atomic E-state index is 13.9. The van der Waals surface area contributed by atoms with Crippen molar-refractivity contribution in [3.05, 3.63) is 50.6 Å². The molecular formula is C14H16BrFN2S. The Morgan fingerprint density at radius 1 is 1.42 bits per heavy atom. The lowest BCUT2D eigenvalue weighted by atomic mass is 10.1. The number of hydrogen-bond donors (Lipinski definition) is 1. The van der Waals surface area contributed by atoms with E-state index in [-0.39, 0.29) is 11.9 Å². The first kappa shape index (κ1) is 14.6. The van der Waals surface area contributed by atoms with E-state index < -0.39 is 0 Å². The van der Waals surface area contributed by atoms with Gasteiger partial charge < -0.3 is 5.32 Å². The molecule has 1 N–H and O–H groups in total. The maximum Gasteiger partial charge on any atom is 0.146 e. The molecule has 0 aliphatic heterocycles. The Balaban J connectivity index is 2.18. The molecule has 0 aromatic carbocycles. The summed E-state index contributed by atoms with van der Waals surface area (Å²) in [5.74, 6) is -0.244. The van der Waals surface area contributed by atoms with E-state index in [2.05, 4.69) is 39.2 Å². The predicted octanol–water partition coefficient (Wildman–Crippen LogP) is 4.33. The zero-order valence-electron chi connectivity index (χ0n) is 10.7. The molecule has 2 heterocycles. The average molecular weight is 343 g/mol. The summed E-state index contributed by atoms with van der Waals surface area (Å²) in [5, 5.41) is 3.37. The molecule has 2 aromatic rings. The molecule has 0 aliphatic rings. The number of hydrogen-bond acceptors (Lipinski definition) is 3. The summed E-state index contributed by atoms with van der Waals surface area (Å²) >= 11 is 5.13. The van der Waals surface area contributed by atoms with Crippen LogP contribution in [-0.4, -0.2) is 11.5 Å². The summed E-state index contributed by atoms with van der Waals surface area (Å²) in [5.41, 5.74) is 0.500. The standard InChI is InChI=1S/C14H16BrFN2S/c1-2-7-17-12(9-10-5-6-13(15)19-10)14-11(16)4-3-8-18-14/h3-6,8,12,17H,2,7,9H2,1H3. The van der Waals surface area contributed by atoms with E-state index in [1.54, 1.807) is 23.6 Å². The maximum atomic E-state index is 13.9. The van der Waals surface area contributed by atoms with Crippen LogP contribution in [0.1, 0.15) is 30.0 Å². The van der Waals surface area contributed by atoms with Gasteiger partial charge >= 0.3 is 0 Å². The van der Waals surface area contributed by atoms with E-state index in [1.165, 1.54) is 10.9 Å². The Bertz CT molecular complexity index is 530. The summed E-state index contributed by atoms with van der Waals surface area (Å²) in [6.45, 7) is 2.95. The van der Waals surface area contributed by atoms with Crippen LogP contribution in [0.3, 0.4) is 0 Å². The molecule has 19 heavy (non-hydrogen) atoms. The van der Waals surface area contributed by atoms with Crippen molar-refractivity contribution in [3.8, 4) is 0 Å². The predicted molar refractivity (Wildman–Crippen MR) is 81.0 cm³/mol. The van der Waals surface area contributed by atoms with Crippen LogP contribution in [0.4, 0.5) is 4.39 Å². The number of aromatic nitrogens is 1. The Morgan fingerprint density at radius 3 is 2.89 bits per heavy atom. The minimum absolute atomic E-state index is 0.0771. The van der Waals surface area contributed by atoms with E-state index in [9.17, 15) is 4.39 Å². The van der Waals surface area contributed by atoms with Crippen LogP contribution in [0.5, 0.6) is 0 Å². The molecular weight excluding hydrogens is 327 g/mol. The number of nitrogens with one attached hydrogen (secondary N) is 1. The monoisotopic (exact) mass is 342 g/mol. The van der Waals surface area contributed by atoms with Crippen molar-refractivity contribution in [2.45, 2.75) is 25.8 Å². The van der Waals surface area contributed by atoms with Crippen molar-refractivity contribution in [2.75, 3.05) is 6.54 Å². The van der Waals surface area contributed by atoms with Crippen LogP contribution in [0.2, 0.25) is 0 Å². The molecule has 102 valence electrons. The second kappa shape index (κ2) is 7.12. The van der Waals surface area contributed by atoms with Gasteiger partial charge in [-0.1, -0.05) is 6.92 Å². The molecule has 0 saturated carbocycles. The van der Waals surface area contributed by atoms with Crippen molar-refractivity contribution in [3.63, 3.8) is 0 Å². The first-order valence-corrected chi connectivity index (χ1v) is 7.89. The van der Waals surface area contributed by atoms with Crippen LogP contribution in [-0.2, 0) is 6.42 Å². The van der Waals surface area contributed by atoms with Crippen LogP contribution < -0.4 is 5.32 Å². The van der Waals surface area contributed by atoms with Crippen molar-refractivity contribution in [1.82, 2.24) is 10.3 Å². The molecule has 2 nitrogen and oxygen atoms in total. The number of halogens is 2. The largest absolute Gasteiger partial charge is 0.308 e. The Labute approximate surface area is 125 Å². The topological polar surface area (TPSA) is 24.9 Å². The number of thiophene rings is 1. The van der Waals surface area contributed by atoms with Crippen molar-refractivity contribution < 1.29 is 4.39 Å². The highest BCUT2D eigenvalue weighted by molar-refractivity contribution is 9.11. The van der Waals surface area contributed by atoms with Crippen LogP contribution in [0.15, 0.2) is 34.2 Å². The zero-order valence-corrected chi connectivity index (χ0v) is 13.1. The van der Waals surface area contributed by atoms with Crippen molar-refractivity contribution in [2.24, 2.45) is 0 Å². The van der Waals surface area contributed by atoms with Crippen LogP contribution >= 0.6 is 27.3 Å². The third kappa shape index (κ3) is 4.09. The Hall–Kier alpha value is -0.780. The molecule has 0 saturated heterocycles. The van der Waals surface area contributed by atoms with Gasteiger partial charge in [0.2, 0.25) is 0 Å². The summed E-state index contributed by atoms with van der Waals surface area (Å²) in [7, 11) is 0. The minimum Gasteiger partial charge on any atom is -0.308 e. The molecule has 0 bridgehead atoms. The SMILES string of the molecule is CCCNC(Cc1ccc(Br)s1)c1ncccc1F. The van der Waals surface area contributed by atoms with Gasteiger partial charge in [0.15, 0.2) is 0 Å². The molecule has 0 spiro atoms. The van der Waals surface area contributed by atoms with E-state index in [0.29, 0.717) is 5.69 Å². The lowest BCUT2D eigenvalue weighted by molar-refractivity contribution is 0.485. The summed E-state index contributed by atoms with van der Waals surface area (Å²) in [6.07, 6.45) is 3.41. The van der Waals surface area contributed by atoms with Gasteiger partial charge in [-0.2, -0.15) is 0 Å². The van der Waals surface area contributed by atoms with E-state index >= 15 is 0 Å². The number of pyridine rings is 1. The van der Waals surface area contributed by atoms with E-state index in [0.717, 1.165) is 23.2 Å². The fraction of sp³-hybridized carbons (Fsp3) is 0.357. The molecule has 2 rings (SSSR count). The average Bonchev–Trinajstić information content (AvgIpc) is 2.81. The number of rotatable bonds is 6. The van der Waals surface area contributed by atoms with Crippen molar-refractivity contribution in [1.29, 1.82) is 0 Å². The van der Waals surface area contributed by atoms with Crippen molar-refractivity contribution >= 4 is 27.3 Å². The third-order valence-corrected chi connectivity index (χ3v) is 4.44. The molecule has 5 heteroatoms. The summed E-state index contributed by atoms with van der Waals surface area (Å²) < 4.78 is 15.0. The first-order chi connectivity index (χ1) is 9.20. The Kier molecular flexibility index (Phi) is 5.48. The molecule has 0 amide bonds. The van der Waals surface area contributed by atoms with Crippen LogP contribution in [0, 0.1) is 5.82 Å². The lowest BCUT2D eigenvalue weighted by Gasteiger charge is -2.17. The highest BCUT2D eigenvalue weighted by atomic mass is 79.9. The molecule has 0 fully saturated rings. The van der Waals surface area contributed by atoms with Gasteiger partial charge in [0.25, 0.3) is 0 Å². The second-order valence-corrected chi connectivity index (χ2v) is 6.83. The molecule has 2 aromatic heterocycles. The first-order valence-electron chi connectivity index (χ1n) is 6.28. The van der Waals surface area contributed by atoms with Gasteiger partial charge in [-0.3, -0.25) is 4.98 Å². The highest BCUT2D eigenvalue weighted by Gasteiger charge is 2.17. The quantitative estimate of drug-likeness (QED) is 0.845. The Morgan fingerprint density at radius 2 is 2.26 bits per heavy atom. The summed E-state index contributed by atoms with van der Waals surface area (Å²) in [4.78, 5) is 5.40. The van der Waals surface area contributed by atoms with Crippen LogP contribution in [0.25, 0.3) is 0 Å². The smallest absolute Gasteiger partial charge is 0.146 e. The van der Waals surface area contributed by atoms with Gasteiger partial charge in [0, 0.05) is 17.5 Å². The molecule has 1 atom stereocenters. The zero-order chi connectivity index (χ0) is 13.7. The minimum atomic E-state index is -0.244. The van der Waals surface area contributed by atoms with E-state index in [1.807, 2.05) is 6.07 Å². The molecule has 0 aliphatic carbocycles. The van der Waals surface area contributed by atoms with Gasteiger partial charge in [0.1, 0.15) is 5.82 Å². The van der Waals surface area contributed by atoms with Gasteiger partial charge in [-0.05, 0) is 53.2 Å². The second-order valence-electron chi connectivity index (χ2n) is 4.29. The normalized spacial score (nSPS) is 12.6. The molecule has 0 radical (unpaired) electrons. The highest BCUT2D eigenvalue weighted by Crippen LogP contribution is 2.27. The van der Waals surface area contributed by atoms with Gasteiger partial charge in [-0.25, -0.2) is 4.39 Å². The molecule has 1 unspecified atom stereocenters. The van der Waals surface area contributed by atoms with Gasteiger partial charge in [0.05, 0.1) is 15.5 Å². The third-order valence-electron chi connectivity index (χ3n) is 2.79. The number of nitrogens with zero attached hydrogens (tertiary/aromatic N) is 1.